The fourth-order valence-electron chi connectivity index (χ4n) is 0.811. The largest absolute Gasteiger partial charge is 0.143 e. The first-order valence-electron chi connectivity index (χ1n) is 3.07. The summed E-state index contributed by atoms with van der Waals surface area (Å²) >= 11 is 6.69. The van der Waals surface area contributed by atoms with Crippen LogP contribution in [0.5, 0.6) is 0 Å². The molecule has 0 bridgehead atoms. The second kappa shape index (κ2) is 3.13. The van der Waals surface area contributed by atoms with E-state index in [2.05, 4.69) is 61.2 Å². The molecule has 0 fully saturated rings. The van der Waals surface area contributed by atoms with Gasteiger partial charge >= 0.3 is 0 Å². The van der Waals surface area contributed by atoms with E-state index in [1.165, 1.54) is 14.7 Å². The Hall–Kier alpha value is 0.300. The quantitative estimate of drug-likeness (QED) is 0.540. The lowest BCUT2D eigenvalue weighted by Gasteiger charge is -2.04. The molecule has 1 rings (SSSR count). The maximum Gasteiger partial charge on any atom is 0.0170 e. The van der Waals surface area contributed by atoms with Crippen LogP contribution in [0, 0.1) is 17.4 Å². The zero-order valence-electron chi connectivity index (χ0n) is 5.98. The first kappa shape index (κ1) is 8.40. The molecule has 0 saturated heterocycles. The van der Waals surface area contributed by atoms with Gasteiger partial charge in [0.15, 0.2) is 0 Å². The van der Waals surface area contributed by atoms with Crippen molar-refractivity contribution in [2.24, 2.45) is 0 Å². The van der Waals surface area contributed by atoms with Crippen molar-refractivity contribution in [1.29, 1.82) is 0 Å². The van der Waals surface area contributed by atoms with E-state index < -0.39 is 0 Å². The van der Waals surface area contributed by atoms with Crippen molar-refractivity contribution >= 4 is 35.2 Å². The van der Waals surface area contributed by atoms with Gasteiger partial charge in [-0.15, -0.1) is 12.6 Å². The second-order valence-corrected chi connectivity index (χ2v) is 3.95. The lowest BCUT2D eigenvalue weighted by molar-refractivity contribution is 1.21. The molecule has 0 aliphatic carbocycles. The molecule has 0 saturated carbocycles. The standard InChI is InChI=1S/C8H9IS/c1-5-3-4-7(9)6(2)8(5)10/h3-4,10H,1-2H3. The lowest BCUT2D eigenvalue weighted by atomic mass is 10.2. The van der Waals surface area contributed by atoms with Crippen LogP contribution >= 0.6 is 35.2 Å². The zero-order chi connectivity index (χ0) is 7.72. The fourth-order valence-corrected chi connectivity index (χ4v) is 1.67. The van der Waals surface area contributed by atoms with Gasteiger partial charge in [-0.25, -0.2) is 0 Å². The Labute approximate surface area is 80.6 Å². The molecule has 0 spiro atoms. The average molecular weight is 264 g/mol. The van der Waals surface area contributed by atoms with Crippen molar-refractivity contribution in [1.82, 2.24) is 0 Å². The van der Waals surface area contributed by atoms with Crippen molar-refractivity contribution in [2.45, 2.75) is 18.7 Å². The third kappa shape index (κ3) is 1.48. The van der Waals surface area contributed by atoms with Gasteiger partial charge < -0.3 is 0 Å². The molecule has 0 aliphatic rings. The molecule has 0 N–H and O–H groups in total. The first-order chi connectivity index (χ1) is 4.63. The van der Waals surface area contributed by atoms with Crippen LogP contribution in [0.4, 0.5) is 0 Å². The summed E-state index contributed by atoms with van der Waals surface area (Å²) in [5, 5.41) is 0. The van der Waals surface area contributed by atoms with E-state index in [1.807, 2.05) is 0 Å². The summed E-state index contributed by atoms with van der Waals surface area (Å²) in [4.78, 5) is 1.12. The Morgan fingerprint density at radius 3 is 2.40 bits per heavy atom. The smallest absolute Gasteiger partial charge is 0.0170 e. The van der Waals surface area contributed by atoms with Gasteiger partial charge in [0.05, 0.1) is 0 Å². The Morgan fingerprint density at radius 1 is 1.30 bits per heavy atom. The number of aryl methyl sites for hydroxylation is 1. The summed E-state index contributed by atoms with van der Waals surface area (Å²) in [6, 6.07) is 4.21. The maximum absolute atomic E-state index is 4.38. The number of thiol groups is 1. The van der Waals surface area contributed by atoms with E-state index in [1.54, 1.807) is 0 Å². The highest BCUT2D eigenvalue weighted by Gasteiger charge is 1.99. The van der Waals surface area contributed by atoms with Gasteiger partial charge in [0.2, 0.25) is 0 Å². The Kier molecular flexibility index (Phi) is 2.63. The van der Waals surface area contributed by atoms with Crippen LogP contribution < -0.4 is 0 Å². The van der Waals surface area contributed by atoms with Gasteiger partial charge in [-0.3, -0.25) is 0 Å². The fraction of sp³-hybridized carbons (Fsp3) is 0.250. The highest BCUT2D eigenvalue weighted by Crippen LogP contribution is 2.22. The number of hydrogen-bond donors (Lipinski definition) is 1. The number of rotatable bonds is 0. The summed E-state index contributed by atoms with van der Waals surface area (Å²) in [5.74, 6) is 0. The monoisotopic (exact) mass is 264 g/mol. The molecule has 0 radical (unpaired) electrons. The summed E-state index contributed by atoms with van der Waals surface area (Å²) < 4.78 is 1.29. The molecule has 54 valence electrons. The molecule has 1 aromatic carbocycles. The molecular weight excluding hydrogens is 255 g/mol. The minimum Gasteiger partial charge on any atom is -0.143 e. The number of benzene rings is 1. The molecule has 0 aromatic heterocycles. The van der Waals surface area contributed by atoms with Crippen molar-refractivity contribution in [3.8, 4) is 0 Å². The molecule has 0 amide bonds. The normalized spacial score (nSPS) is 10.0. The Bertz CT molecular complexity index is 229. The predicted molar refractivity (Wildman–Crippen MR) is 55.9 cm³/mol. The van der Waals surface area contributed by atoms with E-state index in [9.17, 15) is 0 Å². The van der Waals surface area contributed by atoms with E-state index in [0.29, 0.717) is 0 Å². The number of halogens is 1. The molecular formula is C8H9IS. The van der Waals surface area contributed by atoms with E-state index in [0.717, 1.165) is 4.90 Å². The highest BCUT2D eigenvalue weighted by molar-refractivity contribution is 14.1. The van der Waals surface area contributed by atoms with Gasteiger partial charge in [0.25, 0.3) is 0 Å². The van der Waals surface area contributed by atoms with Crippen molar-refractivity contribution in [3.05, 3.63) is 26.8 Å². The van der Waals surface area contributed by atoms with Crippen molar-refractivity contribution < 1.29 is 0 Å². The lowest BCUT2D eigenvalue weighted by Crippen LogP contribution is -1.85. The first-order valence-corrected chi connectivity index (χ1v) is 4.60. The van der Waals surface area contributed by atoms with Gasteiger partial charge in [-0.05, 0) is 53.6 Å². The minimum absolute atomic E-state index is 1.12. The molecule has 1 aromatic rings. The second-order valence-electron chi connectivity index (χ2n) is 2.34. The molecule has 0 unspecified atom stereocenters. The topological polar surface area (TPSA) is 0 Å². The molecule has 0 atom stereocenters. The van der Waals surface area contributed by atoms with Crippen molar-refractivity contribution in [2.75, 3.05) is 0 Å². The third-order valence-electron chi connectivity index (χ3n) is 1.57. The average Bonchev–Trinajstić information content (AvgIpc) is 1.93. The van der Waals surface area contributed by atoms with Crippen LogP contribution in [0.15, 0.2) is 17.0 Å². The van der Waals surface area contributed by atoms with Crippen LogP contribution in [-0.2, 0) is 0 Å². The number of hydrogen-bond acceptors (Lipinski definition) is 1. The van der Waals surface area contributed by atoms with E-state index in [4.69, 9.17) is 0 Å². The Morgan fingerprint density at radius 2 is 1.90 bits per heavy atom. The summed E-state index contributed by atoms with van der Waals surface area (Å²) in [6.45, 7) is 4.17. The van der Waals surface area contributed by atoms with Gasteiger partial charge in [0, 0.05) is 8.47 Å². The third-order valence-corrected chi connectivity index (χ3v) is 3.42. The molecule has 2 heteroatoms. The van der Waals surface area contributed by atoms with E-state index >= 15 is 0 Å². The SMILES string of the molecule is Cc1ccc(I)c(C)c1S. The minimum atomic E-state index is 1.12. The van der Waals surface area contributed by atoms with Crippen LogP contribution in [0.1, 0.15) is 11.1 Å². The van der Waals surface area contributed by atoms with Crippen LogP contribution in [-0.4, -0.2) is 0 Å². The van der Waals surface area contributed by atoms with Crippen LogP contribution in [0.25, 0.3) is 0 Å². The highest BCUT2D eigenvalue weighted by atomic mass is 127. The van der Waals surface area contributed by atoms with Crippen molar-refractivity contribution in [3.63, 3.8) is 0 Å². The molecule has 0 heterocycles. The summed E-state index contributed by atoms with van der Waals surface area (Å²) in [6.07, 6.45) is 0. The van der Waals surface area contributed by atoms with Crippen LogP contribution in [0.2, 0.25) is 0 Å². The van der Waals surface area contributed by atoms with Crippen LogP contribution in [0.3, 0.4) is 0 Å². The Balaban J connectivity index is 3.34. The van der Waals surface area contributed by atoms with Gasteiger partial charge in [-0.1, -0.05) is 6.07 Å². The van der Waals surface area contributed by atoms with Gasteiger partial charge in [-0.2, -0.15) is 0 Å². The zero-order valence-corrected chi connectivity index (χ0v) is 9.03. The maximum atomic E-state index is 4.38. The van der Waals surface area contributed by atoms with Gasteiger partial charge in [0.1, 0.15) is 0 Å². The summed E-state index contributed by atoms with van der Waals surface area (Å²) in [5.41, 5.74) is 2.53. The predicted octanol–water partition coefficient (Wildman–Crippen LogP) is 3.20. The molecule has 0 nitrogen and oxygen atoms in total. The van der Waals surface area contributed by atoms with E-state index in [-0.39, 0.29) is 0 Å². The molecule has 10 heavy (non-hydrogen) atoms. The molecule has 0 aliphatic heterocycles. The summed E-state index contributed by atoms with van der Waals surface area (Å²) in [7, 11) is 0.